The van der Waals surface area contributed by atoms with Crippen LogP contribution in [0, 0.1) is 23.2 Å². The van der Waals surface area contributed by atoms with Crippen molar-refractivity contribution in [2.45, 2.75) is 96.8 Å². The lowest BCUT2D eigenvalue weighted by atomic mass is 9.55. The fourth-order valence-electron chi connectivity index (χ4n) is 9.28. The lowest BCUT2D eigenvalue weighted by molar-refractivity contribution is -0.255. The van der Waals surface area contributed by atoms with E-state index < -0.39 is 23.8 Å². The van der Waals surface area contributed by atoms with Gasteiger partial charge >= 0.3 is 6.09 Å². The third-order valence-electron chi connectivity index (χ3n) is 11.7. The highest BCUT2D eigenvalue weighted by Crippen LogP contribution is 2.62. The van der Waals surface area contributed by atoms with Crippen LogP contribution < -0.4 is 9.47 Å². The summed E-state index contributed by atoms with van der Waals surface area (Å²) in [6, 6.07) is 23.7. The number of aliphatic hydroxyl groups excluding tert-OH is 2. The Bertz CT molecular complexity index is 1900. The monoisotopic (exact) mass is 808 g/mol. The van der Waals surface area contributed by atoms with Crippen LogP contribution in [0.2, 0.25) is 0 Å². The summed E-state index contributed by atoms with van der Waals surface area (Å²) in [5, 5.41) is 24.5. The van der Waals surface area contributed by atoms with Gasteiger partial charge in [-0.2, -0.15) is 0 Å². The first-order valence-corrected chi connectivity index (χ1v) is 21.5. The maximum absolute atomic E-state index is 14.3. The van der Waals surface area contributed by atoms with Crippen molar-refractivity contribution in [2.75, 3.05) is 40.1 Å². The Morgan fingerprint density at radius 1 is 0.966 bits per heavy atom. The van der Waals surface area contributed by atoms with Crippen LogP contribution in [0.15, 0.2) is 102 Å². The van der Waals surface area contributed by atoms with Crippen molar-refractivity contribution in [1.29, 1.82) is 0 Å². The number of benzene rings is 3. The van der Waals surface area contributed by atoms with Crippen molar-refractivity contribution in [3.05, 3.63) is 103 Å². The third kappa shape index (κ3) is 10.0. The van der Waals surface area contributed by atoms with Crippen LogP contribution in [0.3, 0.4) is 0 Å². The van der Waals surface area contributed by atoms with Crippen LogP contribution >= 0.6 is 0 Å². The van der Waals surface area contributed by atoms with Crippen LogP contribution in [0.25, 0.3) is 11.1 Å². The number of unbranched alkanes of at least 4 members (excludes halogenated alkanes) is 2. The van der Waals surface area contributed by atoms with Gasteiger partial charge in [0, 0.05) is 37.7 Å². The Morgan fingerprint density at radius 2 is 1.66 bits per heavy atom. The van der Waals surface area contributed by atoms with E-state index in [0.717, 1.165) is 53.7 Å². The molecule has 59 heavy (non-hydrogen) atoms. The van der Waals surface area contributed by atoms with Crippen LogP contribution in [0.5, 0.6) is 17.2 Å². The van der Waals surface area contributed by atoms with Gasteiger partial charge in [-0.15, -0.1) is 6.58 Å². The van der Waals surface area contributed by atoms with Gasteiger partial charge in [-0.1, -0.05) is 100 Å². The first-order chi connectivity index (χ1) is 28.6. The lowest BCUT2D eigenvalue weighted by Gasteiger charge is -2.60. The maximum atomic E-state index is 14.3. The molecule has 0 saturated heterocycles. The molecule has 3 aromatic carbocycles. The standard InChI is InChI=1S/C49H64N2O8/c1-7-26-51(47(54)56-33-48(3,4)5)44-32-42(50-55-6)40-30-36(18-12-14-27-52)39(19-13-15-28-53)45-41-31-38(24-25-43(41)59-49(44,46(40)45)57-29-8-2)58-37-22-20-35(21-23-37)34-16-10-9-11-17-34/h8-11,16-17,20-25,30-31,36,39,44-46,52-53H,2,7,12-15,18-19,26-29,32-33H2,1,3-6H3/t36-,39+,44-,45+,46+,49+/m0/s1. The Labute approximate surface area is 350 Å². The second kappa shape index (κ2) is 20.1. The summed E-state index contributed by atoms with van der Waals surface area (Å²) >= 11 is 0. The molecule has 0 aromatic heterocycles. The smallest absolute Gasteiger partial charge is 0.410 e. The average Bonchev–Trinajstić information content (AvgIpc) is 3.23. The number of oxime groups is 1. The van der Waals surface area contributed by atoms with Crippen LogP contribution in [0.1, 0.15) is 90.5 Å². The molecule has 3 aliphatic rings. The van der Waals surface area contributed by atoms with E-state index in [9.17, 15) is 15.0 Å². The van der Waals surface area contributed by atoms with Crippen molar-refractivity contribution in [1.82, 2.24) is 4.90 Å². The number of carbonyl (C=O) groups is 1. The minimum atomic E-state index is -1.35. The van der Waals surface area contributed by atoms with Crippen molar-refractivity contribution in [3.8, 4) is 28.4 Å². The van der Waals surface area contributed by atoms with Crippen molar-refractivity contribution < 1.29 is 38.8 Å². The van der Waals surface area contributed by atoms with E-state index in [-0.39, 0.29) is 49.6 Å². The Hall–Kier alpha value is -4.64. The SMILES string of the molecule is C=CCO[C@@]12Oc3ccc(Oc4ccc(-c5ccccc5)cc4)cc3[C@H]3[C@H](CCCCO)[C@@H](CCCCO)C=C(C(=NOC)C[C@@H]1N(CCC)C(=O)OCC(C)(C)C)[C@H]32. The molecular formula is C49H64N2O8. The van der Waals surface area contributed by atoms with E-state index in [2.05, 4.69) is 48.1 Å². The molecular weight excluding hydrogens is 745 g/mol. The molecule has 3 aromatic rings. The van der Waals surface area contributed by atoms with Gasteiger partial charge in [0.15, 0.2) is 0 Å². The van der Waals surface area contributed by atoms with Gasteiger partial charge in [0.1, 0.15) is 30.4 Å². The number of nitrogens with zero attached hydrogens (tertiary/aromatic N) is 2. The summed E-state index contributed by atoms with van der Waals surface area (Å²) < 4.78 is 27.0. The second-order valence-corrected chi connectivity index (χ2v) is 17.3. The summed E-state index contributed by atoms with van der Waals surface area (Å²) in [6.45, 7) is 13.3. The van der Waals surface area contributed by atoms with Crippen LogP contribution in [-0.2, 0) is 14.3 Å². The maximum Gasteiger partial charge on any atom is 0.410 e. The molecule has 2 aliphatic carbocycles. The second-order valence-electron chi connectivity index (χ2n) is 17.3. The van der Waals surface area contributed by atoms with Gasteiger partial charge in [0.05, 0.1) is 24.8 Å². The van der Waals surface area contributed by atoms with Crippen LogP contribution in [0.4, 0.5) is 4.79 Å². The minimum absolute atomic E-state index is 0.0961. The molecule has 10 nitrogen and oxygen atoms in total. The van der Waals surface area contributed by atoms with E-state index in [1.807, 2.05) is 70.2 Å². The predicted octanol–water partition coefficient (Wildman–Crippen LogP) is 10.3. The van der Waals surface area contributed by atoms with Crippen molar-refractivity contribution in [2.24, 2.45) is 28.3 Å². The molecule has 1 fully saturated rings. The molecule has 6 atom stereocenters. The molecule has 318 valence electrons. The Morgan fingerprint density at radius 3 is 2.32 bits per heavy atom. The number of carbonyl (C=O) groups excluding carboxylic acids is 1. The summed E-state index contributed by atoms with van der Waals surface area (Å²) in [5.41, 5.74) is 4.73. The number of rotatable bonds is 19. The zero-order chi connectivity index (χ0) is 42.0. The molecule has 10 heteroatoms. The Balaban J connectivity index is 1.52. The molecule has 0 bridgehead atoms. The van der Waals surface area contributed by atoms with Crippen LogP contribution in [-0.4, -0.2) is 78.8 Å². The number of aliphatic hydroxyl groups is 2. The number of fused-ring (bicyclic) bond motifs is 2. The van der Waals surface area contributed by atoms with E-state index >= 15 is 0 Å². The van der Waals surface area contributed by atoms with Gasteiger partial charge in [0.2, 0.25) is 5.79 Å². The average molecular weight is 809 g/mol. The molecule has 0 unspecified atom stereocenters. The summed E-state index contributed by atoms with van der Waals surface area (Å²) in [6.07, 6.45) is 9.41. The Kier molecular flexibility index (Phi) is 14.9. The van der Waals surface area contributed by atoms with Gasteiger partial charge in [0.25, 0.3) is 0 Å². The topological polar surface area (TPSA) is 119 Å². The first kappa shape index (κ1) is 43.9. The molecule has 1 aliphatic heterocycles. The molecule has 0 radical (unpaired) electrons. The van der Waals surface area contributed by atoms with Gasteiger partial charge in [-0.3, -0.25) is 4.90 Å². The highest BCUT2D eigenvalue weighted by atomic mass is 16.7. The number of allylic oxidation sites excluding steroid dienone is 1. The molecule has 1 amide bonds. The zero-order valence-corrected chi connectivity index (χ0v) is 35.6. The van der Waals surface area contributed by atoms with E-state index in [1.165, 1.54) is 0 Å². The molecule has 2 N–H and O–H groups in total. The lowest BCUT2D eigenvalue weighted by Crippen LogP contribution is -2.70. The summed E-state index contributed by atoms with van der Waals surface area (Å²) in [5.74, 6) is 0.359. The van der Waals surface area contributed by atoms with Gasteiger partial charge in [-0.05, 0) is 96.4 Å². The molecule has 1 saturated carbocycles. The quantitative estimate of drug-likeness (QED) is 0.0698. The third-order valence-corrected chi connectivity index (χ3v) is 11.7. The highest BCUT2D eigenvalue weighted by Gasteiger charge is 2.65. The molecule has 6 rings (SSSR count). The first-order valence-electron chi connectivity index (χ1n) is 21.5. The van der Waals surface area contributed by atoms with E-state index in [0.29, 0.717) is 49.5 Å². The van der Waals surface area contributed by atoms with Gasteiger partial charge in [-0.25, -0.2) is 4.79 Å². The summed E-state index contributed by atoms with van der Waals surface area (Å²) in [7, 11) is 1.56. The largest absolute Gasteiger partial charge is 0.459 e. The molecule has 1 heterocycles. The fraction of sp³-hybridized carbons (Fsp3) is 0.510. The number of hydrogen-bond donors (Lipinski definition) is 2. The number of amides is 1. The van der Waals surface area contributed by atoms with E-state index in [1.54, 1.807) is 18.1 Å². The van der Waals surface area contributed by atoms with Crippen molar-refractivity contribution in [3.63, 3.8) is 0 Å². The normalized spacial score (nSPS) is 23.9. The number of hydrogen-bond acceptors (Lipinski definition) is 9. The zero-order valence-electron chi connectivity index (χ0n) is 35.6. The van der Waals surface area contributed by atoms with Crippen molar-refractivity contribution >= 4 is 11.8 Å². The highest BCUT2D eigenvalue weighted by molar-refractivity contribution is 6.03. The predicted molar refractivity (Wildman–Crippen MR) is 232 cm³/mol. The number of ether oxygens (including phenoxy) is 4. The summed E-state index contributed by atoms with van der Waals surface area (Å²) in [4.78, 5) is 21.7. The van der Waals surface area contributed by atoms with Gasteiger partial charge < -0.3 is 34.0 Å². The van der Waals surface area contributed by atoms with E-state index in [4.69, 9.17) is 23.8 Å². The molecule has 0 spiro atoms. The fourth-order valence-corrected chi connectivity index (χ4v) is 9.28. The minimum Gasteiger partial charge on any atom is -0.459 e.